The lowest BCUT2D eigenvalue weighted by molar-refractivity contribution is -0.123. The van der Waals surface area contributed by atoms with Crippen LogP contribution in [-0.2, 0) is 4.79 Å². The third kappa shape index (κ3) is 4.23. The second kappa shape index (κ2) is 8.17. The number of hydrogen-bond acceptors (Lipinski definition) is 9. The maximum Gasteiger partial charge on any atom is 0.225 e. The third-order valence-electron chi connectivity index (χ3n) is 4.87. The number of nitrogens with one attached hydrogen (secondary N) is 2. The van der Waals surface area contributed by atoms with Gasteiger partial charge < -0.3 is 15.7 Å². The second-order valence-electron chi connectivity index (χ2n) is 7.35. The standard InChI is InChI=1S/C19H22FN7O2S/c1-9(12-4-13(20)6-21-5-12)22-19-25-15(16-17(26-19)24-11(3)30-16)18(29)27-7-14(8-27)23-10(2)28/h4-6,9,14,18,29H,7-8H2,1-3H3,(H,23,28)(H,22,25,26). The van der Waals surface area contributed by atoms with Crippen LogP contribution in [-0.4, -0.2) is 55.0 Å². The van der Waals surface area contributed by atoms with Crippen molar-refractivity contribution in [1.82, 2.24) is 30.2 Å². The molecule has 1 fully saturated rings. The Morgan fingerprint density at radius 2 is 2.10 bits per heavy atom. The number of likely N-dealkylation sites (tertiary alicyclic amines) is 1. The summed E-state index contributed by atoms with van der Waals surface area (Å²) in [5.41, 5.74) is 1.60. The molecule has 1 aliphatic heterocycles. The van der Waals surface area contributed by atoms with E-state index in [9.17, 15) is 14.3 Å². The van der Waals surface area contributed by atoms with Crippen molar-refractivity contribution in [3.05, 3.63) is 40.5 Å². The zero-order valence-corrected chi connectivity index (χ0v) is 17.6. The number of aliphatic hydroxyl groups excluding tert-OH is 1. The number of anilines is 1. The highest BCUT2D eigenvalue weighted by molar-refractivity contribution is 7.18. The number of carbonyl (C=O) groups excluding carboxylic acids is 1. The van der Waals surface area contributed by atoms with Gasteiger partial charge in [-0.1, -0.05) is 0 Å². The van der Waals surface area contributed by atoms with Gasteiger partial charge in [0.05, 0.1) is 28.0 Å². The number of pyridine rings is 1. The van der Waals surface area contributed by atoms with Gasteiger partial charge in [-0.3, -0.25) is 14.7 Å². The molecule has 2 atom stereocenters. The van der Waals surface area contributed by atoms with E-state index in [-0.39, 0.29) is 23.9 Å². The molecule has 11 heteroatoms. The third-order valence-corrected chi connectivity index (χ3v) is 5.85. The number of hydrogen-bond donors (Lipinski definition) is 3. The van der Waals surface area contributed by atoms with Crippen LogP contribution in [0.5, 0.6) is 0 Å². The molecule has 0 saturated carbocycles. The number of rotatable bonds is 6. The fraction of sp³-hybridized carbons (Fsp3) is 0.421. The van der Waals surface area contributed by atoms with Crippen molar-refractivity contribution in [1.29, 1.82) is 0 Å². The predicted molar refractivity (Wildman–Crippen MR) is 110 cm³/mol. The monoisotopic (exact) mass is 431 g/mol. The lowest BCUT2D eigenvalue weighted by Crippen LogP contribution is -2.59. The molecule has 0 aromatic carbocycles. The van der Waals surface area contributed by atoms with Crippen LogP contribution in [0, 0.1) is 12.7 Å². The van der Waals surface area contributed by atoms with E-state index in [0.717, 1.165) is 11.2 Å². The summed E-state index contributed by atoms with van der Waals surface area (Å²) in [5.74, 6) is -0.225. The van der Waals surface area contributed by atoms with E-state index in [2.05, 4.69) is 30.6 Å². The van der Waals surface area contributed by atoms with Crippen LogP contribution in [0.4, 0.5) is 10.3 Å². The van der Waals surface area contributed by atoms with Crippen LogP contribution in [0.15, 0.2) is 18.5 Å². The molecule has 1 saturated heterocycles. The van der Waals surface area contributed by atoms with E-state index in [1.165, 1.54) is 24.3 Å². The number of thiazole rings is 1. The molecule has 1 amide bonds. The summed E-state index contributed by atoms with van der Waals surface area (Å²) in [4.78, 5) is 30.3. The molecule has 1 aliphatic rings. The Balaban J connectivity index is 1.59. The van der Waals surface area contributed by atoms with Gasteiger partial charge in [0.2, 0.25) is 11.9 Å². The molecule has 4 heterocycles. The molecule has 3 aromatic heterocycles. The molecule has 9 nitrogen and oxygen atoms in total. The highest BCUT2D eigenvalue weighted by Gasteiger charge is 2.35. The second-order valence-corrected chi connectivity index (χ2v) is 8.55. The van der Waals surface area contributed by atoms with Crippen LogP contribution in [0.2, 0.25) is 0 Å². The minimum Gasteiger partial charge on any atom is -0.372 e. The highest BCUT2D eigenvalue weighted by Crippen LogP contribution is 2.32. The lowest BCUT2D eigenvalue weighted by atomic mass is 10.1. The molecule has 0 bridgehead atoms. The number of aliphatic hydroxyl groups is 1. The Morgan fingerprint density at radius 3 is 2.80 bits per heavy atom. The van der Waals surface area contributed by atoms with Crippen LogP contribution >= 0.6 is 11.3 Å². The molecular weight excluding hydrogens is 409 g/mol. The molecule has 0 spiro atoms. The summed E-state index contributed by atoms with van der Waals surface area (Å²) in [7, 11) is 0. The summed E-state index contributed by atoms with van der Waals surface area (Å²) in [5, 5.41) is 17.7. The Kier molecular flexibility index (Phi) is 5.58. The summed E-state index contributed by atoms with van der Waals surface area (Å²) in [6, 6.07) is 1.10. The van der Waals surface area contributed by atoms with Crippen molar-refractivity contribution in [3.8, 4) is 0 Å². The van der Waals surface area contributed by atoms with Gasteiger partial charge in [0.25, 0.3) is 0 Å². The minimum absolute atomic E-state index is 0.00997. The van der Waals surface area contributed by atoms with Gasteiger partial charge in [-0.2, -0.15) is 4.98 Å². The zero-order chi connectivity index (χ0) is 21.4. The Bertz CT molecular complexity index is 1090. The van der Waals surface area contributed by atoms with Gasteiger partial charge in [0.15, 0.2) is 11.9 Å². The van der Waals surface area contributed by atoms with Crippen LogP contribution in [0.1, 0.15) is 42.4 Å². The van der Waals surface area contributed by atoms with Crippen molar-refractivity contribution in [2.45, 2.75) is 39.1 Å². The molecule has 0 aliphatic carbocycles. The SMILES string of the molecule is CC(=O)NC1CN(C(O)c2nc(NC(C)c3cncc(F)c3)nc3nc(C)sc23)C1. The lowest BCUT2D eigenvalue weighted by Gasteiger charge is -2.41. The van der Waals surface area contributed by atoms with E-state index in [0.29, 0.717) is 34.7 Å². The number of amides is 1. The van der Waals surface area contributed by atoms with Gasteiger partial charge in [-0.15, -0.1) is 11.3 Å². The normalized spacial score (nSPS) is 16.8. The smallest absolute Gasteiger partial charge is 0.225 e. The molecule has 0 radical (unpaired) electrons. The summed E-state index contributed by atoms with van der Waals surface area (Å²) in [6.07, 6.45) is 1.77. The first-order chi connectivity index (χ1) is 14.3. The maximum atomic E-state index is 13.5. The number of aryl methyl sites for hydroxylation is 1. The Labute approximate surface area is 176 Å². The molecule has 3 N–H and O–H groups in total. The van der Waals surface area contributed by atoms with Crippen molar-refractivity contribution in [3.63, 3.8) is 0 Å². The van der Waals surface area contributed by atoms with E-state index in [4.69, 9.17) is 0 Å². The van der Waals surface area contributed by atoms with Crippen LogP contribution in [0.25, 0.3) is 10.3 Å². The molecule has 30 heavy (non-hydrogen) atoms. The van der Waals surface area contributed by atoms with Gasteiger partial charge >= 0.3 is 0 Å². The highest BCUT2D eigenvalue weighted by atomic mass is 32.1. The average Bonchev–Trinajstić information content (AvgIpc) is 3.03. The van der Waals surface area contributed by atoms with Gasteiger partial charge in [-0.05, 0) is 25.5 Å². The van der Waals surface area contributed by atoms with Crippen molar-refractivity contribution >= 4 is 33.5 Å². The van der Waals surface area contributed by atoms with Crippen molar-refractivity contribution in [2.75, 3.05) is 18.4 Å². The van der Waals surface area contributed by atoms with Crippen molar-refractivity contribution in [2.24, 2.45) is 0 Å². The molecule has 4 rings (SSSR count). The quantitative estimate of drug-likeness (QED) is 0.542. The van der Waals surface area contributed by atoms with Gasteiger partial charge in [-0.25, -0.2) is 14.4 Å². The first-order valence-corrected chi connectivity index (χ1v) is 10.3. The summed E-state index contributed by atoms with van der Waals surface area (Å²) in [6.45, 7) is 6.24. The summed E-state index contributed by atoms with van der Waals surface area (Å²) < 4.78 is 14.2. The fourth-order valence-electron chi connectivity index (χ4n) is 3.39. The van der Waals surface area contributed by atoms with E-state index >= 15 is 0 Å². The predicted octanol–water partition coefficient (Wildman–Crippen LogP) is 1.91. The number of fused-ring (bicyclic) bond motifs is 1. The minimum atomic E-state index is -0.952. The van der Waals surface area contributed by atoms with Gasteiger partial charge in [0.1, 0.15) is 11.5 Å². The van der Waals surface area contributed by atoms with E-state index in [1.807, 2.05) is 18.7 Å². The first kappa shape index (κ1) is 20.5. The van der Waals surface area contributed by atoms with Crippen LogP contribution in [0.3, 0.4) is 0 Å². The van der Waals surface area contributed by atoms with Crippen molar-refractivity contribution < 1.29 is 14.3 Å². The van der Waals surface area contributed by atoms with E-state index < -0.39 is 12.0 Å². The number of nitrogens with zero attached hydrogens (tertiary/aromatic N) is 5. The molecule has 3 aromatic rings. The molecule has 2 unspecified atom stereocenters. The van der Waals surface area contributed by atoms with Gasteiger partial charge in [0, 0.05) is 26.2 Å². The van der Waals surface area contributed by atoms with E-state index in [1.54, 1.807) is 6.20 Å². The molecule has 158 valence electrons. The largest absolute Gasteiger partial charge is 0.372 e. The topological polar surface area (TPSA) is 116 Å². The first-order valence-electron chi connectivity index (χ1n) is 9.51. The number of aromatic nitrogens is 4. The maximum absolute atomic E-state index is 13.5. The molecular formula is C19H22FN7O2S. The average molecular weight is 431 g/mol. The Hall–Kier alpha value is -2.76. The fourth-order valence-corrected chi connectivity index (χ4v) is 4.26. The summed E-state index contributed by atoms with van der Waals surface area (Å²) >= 11 is 1.42. The van der Waals surface area contributed by atoms with Crippen LogP contribution < -0.4 is 10.6 Å². The Morgan fingerprint density at radius 1 is 1.33 bits per heavy atom. The number of carbonyl (C=O) groups is 1. The number of halogens is 1. The zero-order valence-electron chi connectivity index (χ0n) is 16.8.